The second kappa shape index (κ2) is 8.98. The van der Waals surface area contributed by atoms with Crippen LogP contribution in [0, 0.1) is 6.92 Å². The van der Waals surface area contributed by atoms with E-state index in [4.69, 9.17) is 0 Å². The zero-order chi connectivity index (χ0) is 19.1. The summed E-state index contributed by atoms with van der Waals surface area (Å²) in [5.74, 6) is -0.136. The minimum Gasteiger partial charge on any atom is -0.361 e. The summed E-state index contributed by atoms with van der Waals surface area (Å²) < 4.78 is 0. The van der Waals surface area contributed by atoms with Gasteiger partial charge in [0.1, 0.15) is 0 Å². The van der Waals surface area contributed by atoms with E-state index in [1.54, 1.807) is 12.4 Å². The van der Waals surface area contributed by atoms with Crippen LogP contribution >= 0.6 is 0 Å². The molecule has 0 aliphatic heterocycles. The van der Waals surface area contributed by atoms with E-state index in [-0.39, 0.29) is 18.2 Å². The summed E-state index contributed by atoms with van der Waals surface area (Å²) in [4.78, 5) is 31.2. The second-order valence-corrected chi connectivity index (χ2v) is 6.55. The van der Waals surface area contributed by atoms with Crippen LogP contribution in [0.1, 0.15) is 29.5 Å². The Kier molecular flexibility index (Phi) is 6.20. The van der Waals surface area contributed by atoms with Gasteiger partial charge < -0.3 is 15.6 Å². The lowest BCUT2D eigenvalue weighted by Gasteiger charge is -2.07. The van der Waals surface area contributed by atoms with E-state index < -0.39 is 0 Å². The molecule has 3 rings (SSSR count). The number of amides is 2. The first kappa shape index (κ1) is 18.6. The van der Waals surface area contributed by atoms with Crippen LogP contribution in [0.5, 0.6) is 0 Å². The van der Waals surface area contributed by atoms with E-state index in [9.17, 15) is 9.59 Å². The Balaban J connectivity index is 1.37. The van der Waals surface area contributed by atoms with Crippen LogP contribution in [0.15, 0.2) is 48.9 Å². The average Bonchev–Trinajstić information content (AvgIpc) is 3.10. The zero-order valence-corrected chi connectivity index (χ0v) is 15.4. The summed E-state index contributed by atoms with van der Waals surface area (Å²) in [5.41, 5.74) is 4.40. The van der Waals surface area contributed by atoms with Crippen molar-refractivity contribution in [3.05, 3.63) is 65.6 Å². The van der Waals surface area contributed by atoms with Crippen molar-refractivity contribution < 1.29 is 9.59 Å². The SMILES string of the molecule is Cc1cccc2c(CCC(=O)NCCC(=O)NCc3cccnc3)c[nH]c12. The Morgan fingerprint density at radius 1 is 1.07 bits per heavy atom. The van der Waals surface area contributed by atoms with Crippen molar-refractivity contribution in [3.63, 3.8) is 0 Å². The summed E-state index contributed by atoms with van der Waals surface area (Å²) in [5, 5.41) is 6.79. The van der Waals surface area contributed by atoms with E-state index in [2.05, 4.69) is 39.7 Å². The number of H-pyrrole nitrogens is 1. The summed E-state index contributed by atoms with van der Waals surface area (Å²) >= 11 is 0. The molecule has 6 heteroatoms. The van der Waals surface area contributed by atoms with E-state index in [0.29, 0.717) is 25.9 Å². The lowest BCUT2D eigenvalue weighted by atomic mass is 10.1. The first-order chi connectivity index (χ1) is 13.1. The Bertz CT molecular complexity index is 918. The minimum absolute atomic E-state index is 0.0444. The number of pyridine rings is 1. The van der Waals surface area contributed by atoms with E-state index in [1.165, 1.54) is 5.56 Å². The van der Waals surface area contributed by atoms with E-state index >= 15 is 0 Å². The van der Waals surface area contributed by atoms with Gasteiger partial charge in [-0.3, -0.25) is 14.6 Å². The molecule has 2 heterocycles. The second-order valence-electron chi connectivity index (χ2n) is 6.55. The molecule has 3 aromatic rings. The average molecular weight is 364 g/mol. The van der Waals surface area contributed by atoms with Gasteiger partial charge in [0.15, 0.2) is 0 Å². The number of hydrogen-bond acceptors (Lipinski definition) is 3. The lowest BCUT2D eigenvalue weighted by Crippen LogP contribution is -2.30. The molecule has 0 saturated heterocycles. The summed E-state index contributed by atoms with van der Waals surface area (Å²) in [6, 6.07) is 9.89. The topological polar surface area (TPSA) is 86.9 Å². The van der Waals surface area contributed by atoms with Gasteiger partial charge in [0, 0.05) is 55.4 Å². The summed E-state index contributed by atoms with van der Waals surface area (Å²) in [6.07, 6.45) is 6.71. The molecule has 0 unspecified atom stereocenters. The maximum atomic E-state index is 12.0. The van der Waals surface area contributed by atoms with Gasteiger partial charge in [-0.25, -0.2) is 0 Å². The maximum absolute atomic E-state index is 12.0. The Morgan fingerprint density at radius 2 is 1.93 bits per heavy atom. The van der Waals surface area contributed by atoms with Gasteiger partial charge in [-0.2, -0.15) is 0 Å². The normalized spacial score (nSPS) is 10.7. The van der Waals surface area contributed by atoms with Gasteiger partial charge in [0.25, 0.3) is 0 Å². The van der Waals surface area contributed by atoms with Gasteiger partial charge in [-0.15, -0.1) is 0 Å². The predicted octanol–water partition coefficient (Wildman–Crippen LogP) is 2.63. The van der Waals surface area contributed by atoms with Crippen LogP contribution < -0.4 is 10.6 Å². The Hall–Kier alpha value is -3.15. The molecule has 3 N–H and O–H groups in total. The number of rotatable bonds is 8. The molecule has 27 heavy (non-hydrogen) atoms. The highest BCUT2D eigenvalue weighted by atomic mass is 16.2. The molecular formula is C21H24N4O2. The lowest BCUT2D eigenvalue weighted by molar-refractivity contribution is -0.122. The molecule has 0 bridgehead atoms. The van der Waals surface area contributed by atoms with Crippen molar-refractivity contribution in [2.75, 3.05) is 6.54 Å². The number of aromatic nitrogens is 2. The third kappa shape index (κ3) is 5.17. The van der Waals surface area contributed by atoms with E-state index in [0.717, 1.165) is 22.0 Å². The van der Waals surface area contributed by atoms with Gasteiger partial charge in [-0.1, -0.05) is 24.3 Å². The molecule has 0 aliphatic rings. The Morgan fingerprint density at radius 3 is 2.74 bits per heavy atom. The molecule has 0 radical (unpaired) electrons. The van der Waals surface area contributed by atoms with Crippen molar-refractivity contribution in [1.29, 1.82) is 0 Å². The van der Waals surface area contributed by atoms with Crippen molar-refractivity contribution in [2.24, 2.45) is 0 Å². The van der Waals surface area contributed by atoms with Gasteiger partial charge in [-0.05, 0) is 36.1 Å². The van der Waals surface area contributed by atoms with Crippen LogP contribution in [0.25, 0.3) is 10.9 Å². The number of carbonyl (C=O) groups excluding carboxylic acids is 2. The number of benzene rings is 1. The number of hydrogen-bond donors (Lipinski definition) is 3. The standard InChI is InChI=1S/C21H24N4O2/c1-15-4-2-6-18-17(14-25-21(15)18)7-8-19(26)23-11-9-20(27)24-13-16-5-3-10-22-12-16/h2-6,10,12,14,25H,7-9,11,13H2,1H3,(H,23,26)(H,24,27). The predicted molar refractivity (Wildman–Crippen MR) is 105 cm³/mol. The molecule has 140 valence electrons. The highest BCUT2D eigenvalue weighted by molar-refractivity contribution is 5.86. The smallest absolute Gasteiger partial charge is 0.222 e. The van der Waals surface area contributed by atoms with Gasteiger partial charge in [0.05, 0.1) is 0 Å². The maximum Gasteiger partial charge on any atom is 0.222 e. The van der Waals surface area contributed by atoms with Crippen molar-refractivity contribution in [3.8, 4) is 0 Å². The molecule has 2 amide bonds. The molecule has 0 aliphatic carbocycles. The molecule has 0 saturated carbocycles. The zero-order valence-electron chi connectivity index (χ0n) is 15.4. The number of aryl methyl sites for hydroxylation is 2. The molecule has 0 spiro atoms. The highest BCUT2D eigenvalue weighted by Crippen LogP contribution is 2.22. The number of fused-ring (bicyclic) bond motifs is 1. The first-order valence-electron chi connectivity index (χ1n) is 9.11. The molecule has 1 aromatic carbocycles. The molecule has 0 fully saturated rings. The fourth-order valence-corrected chi connectivity index (χ4v) is 3.01. The fraction of sp³-hybridized carbons (Fsp3) is 0.286. The van der Waals surface area contributed by atoms with Crippen LogP contribution in [0.4, 0.5) is 0 Å². The number of nitrogens with one attached hydrogen (secondary N) is 3. The van der Waals surface area contributed by atoms with Crippen LogP contribution in [0.3, 0.4) is 0 Å². The Labute approximate surface area is 158 Å². The van der Waals surface area contributed by atoms with Crippen LogP contribution in [-0.2, 0) is 22.6 Å². The summed E-state index contributed by atoms with van der Waals surface area (Å²) in [6.45, 7) is 2.85. The molecule has 2 aromatic heterocycles. The monoisotopic (exact) mass is 364 g/mol. The molecule has 6 nitrogen and oxygen atoms in total. The van der Waals surface area contributed by atoms with E-state index in [1.807, 2.05) is 24.4 Å². The van der Waals surface area contributed by atoms with Crippen molar-refractivity contribution in [1.82, 2.24) is 20.6 Å². The third-order valence-corrected chi connectivity index (χ3v) is 4.52. The van der Waals surface area contributed by atoms with Crippen LogP contribution in [0.2, 0.25) is 0 Å². The largest absolute Gasteiger partial charge is 0.361 e. The van der Waals surface area contributed by atoms with Crippen LogP contribution in [-0.4, -0.2) is 28.3 Å². The molecule has 0 atom stereocenters. The third-order valence-electron chi connectivity index (χ3n) is 4.52. The number of aromatic amines is 1. The highest BCUT2D eigenvalue weighted by Gasteiger charge is 2.08. The first-order valence-corrected chi connectivity index (χ1v) is 9.11. The number of carbonyl (C=O) groups is 2. The van der Waals surface area contributed by atoms with Gasteiger partial charge in [0.2, 0.25) is 11.8 Å². The molecular weight excluding hydrogens is 340 g/mol. The summed E-state index contributed by atoms with van der Waals surface area (Å²) in [7, 11) is 0. The number of para-hydroxylation sites is 1. The van der Waals surface area contributed by atoms with Crippen molar-refractivity contribution >= 4 is 22.7 Å². The van der Waals surface area contributed by atoms with Crippen molar-refractivity contribution in [2.45, 2.75) is 32.7 Å². The fourth-order valence-electron chi connectivity index (χ4n) is 3.01. The quantitative estimate of drug-likeness (QED) is 0.574. The number of nitrogens with zero attached hydrogens (tertiary/aromatic N) is 1. The minimum atomic E-state index is -0.0914. The van der Waals surface area contributed by atoms with Gasteiger partial charge >= 0.3 is 0 Å².